The van der Waals surface area contributed by atoms with Gasteiger partial charge in [-0.2, -0.15) is 0 Å². The van der Waals surface area contributed by atoms with Gasteiger partial charge in [-0.25, -0.2) is 0 Å². The van der Waals surface area contributed by atoms with E-state index >= 15 is 0 Å². The number of hydrogen-bond donors (Lipinski definition) is 2. The molecule has 0 heterocycles. The molecular formula is C14H19Cl3N2O. The maximum Gasteiger partial charge on any atom is 0.224 e. The van der Waals surface area contributed by atoms with Crippen molar-refractivity contribution < 1.29 is 4.79 Å². The van der Waals surface area contributed by atoms with Gasteiger partial charge in [0, 0.05) is 22.1 Å². The standard InChI is InChI=1S/C14H18Cl2N2O.ClH/c15-10-2-1-9(13(16)8-10)7-14(19)18-12-5-3-11(17)4-6-12;/h1-2,8,11-12H,3-7,17H2,(H,18,19);1H. The molecule has 0 aromatic heterocycles. The maximum absolute atomic E-state index is 12.0. The van der Waals surface area contributed by atoms with Gasteiger partial charge in [-0.15, -0.1) is 12.4 Å². The molecule has 0 aliphatic heterocycles. The van der Waals surface area contributed by atoms with Crippen LogP contribution in [0.15, 0.2) is 18.2 Å². The molecule has 112 valence electrons. The summed E-state index contributed by atoms with van der Waals surface area (Å²) in [5.41, 5.74) is 6.64. The van der Waals surface area contributed by atoms with Crippen LogP contribution in [0.25, 0.3) is 0 Å². The number of halogens is 3. The zero-order valence-electron chi connectivity index (χ0n) is 11.1. The fourth-order valence-electron chi connectivity index (χ4n) is 2.38. The third kappa shape index (κ3) is 5.13. The van der Waals surface area contributed by atoms with E-state index in [0.29, 0.717) is 22.5 Å². The summed E-state index contributed by atoms with van der Waals surface area (Å²) in [5, 5.41) is 4.16. The summed E-state index contributed by atoms with van der Waals surface area (Å²) < 4.78 is 0. The van der Waals surface area contributed by atoms with Crippen LogP contribution in [0, 0.1) is 0 Å². The molecule has 6 heteroatoms. The molecule has 1 amide bonds. The van der Waals surface area contributed by atoms with Gasteiger partial charge in [0.2, 0.25) is 5.91 Å². The number of nitrogens with two attached hydrogens (primary N) is 1. The third-order valence-corrected chi connectivity index (χ3v) is 4.09. The first-order valence-corrected chi connectivity index (χ1v) is 7.29. The number of carbonyl (C=O) groups is 1. The Morgan fingerprint density at radius 3 is 2.50 bits per heavy atom. The van der Waals surface area contributed by atoms with Crippen molar-refractivity contribution in [1.29, 1.82) is 0 Å². The van der Waals surface area contributed by atoms with Crippen molar-refractivity contribution in [2.24, 2.45) is 5.73 Å². The smallest absolute Gasteiger partial charge is 0.224 e. The Morgan fingerprint density at radius 2 is 1.90 bits per heavy atom. The number of nitrogens with one attached hydrogen (secondary N) is 1. The van der Waals surface area contributed by atoms with Crippen LogP contribution in [0.5, 0.6) is 0 Å². The molecule has 3 nitrogen and oxygen atoms in total. The van der Waals surface area contributed by atoms with Gasteiger partial charge in [0.05, 0.1) is 6.42 Å². The Labute approximate surface area is 135 Å². The van der Waals surface area contributed by atoms with Gasteiger partial charge >= 0.3 is 0 Å². The zero-order chi connectivity index (χ0) is 13.8. The molecule has 20 heavy (non-hydrogen) atoms. The zero-order valence-corrected chi connectivity index (χ0v) is 13.4. The monoisotopic (exact) mass is 336 g/mol. The number of carbonyl (C=O) groups excluding carboxylic acids is 1. The maximum atomic E-state index is 12.0. The van der Waals surface area contributed by atoms with Crippen molar-refractivity contribution in [2.45, 2.75) is 44.2 Å². The van der Waals surface area contributed by atoms with Crippen LogP contribution in [0.1, 0.15) is 31.2 Å². The lowest BCUT2D eigenvalue weighted by molar-refractivity contribution is -0.121. The summed E-state index contributed by atoms with van der Waals surface area (Å²) in [5.74, 6) is 0.00435. The van der Waals surface area contributed by atoms with Gasteiger partial charge < -0.3 is 11.1 Å². The number of amides is 1. The minimum Gasteiger partial charge on any atom is -0.353 e. The highest BCUT2D eigenvalue weighted by atomic mass is 35.5. The van der Waals surface area contributed by atoms with E-state index in [-0.39, 0.29) is 24.4 Å². The summed E-state index contributed by atoms with van der Waals surface area (Å²) >= 11 is 11.9. The van der Waals surface area contributed by atoms with Crippen molar-refractivity contribution in [2.75, 3.05) is 0 Å². The van der Waals surface area contributed by atoms with E-state index in [0.717, 1.165) is 31.2 Å². The molecule has 1 aliphatic carbocycles. The summed E-state index contributed by atoms with van der Waals surface area (Å²) in [6.45, 7) is 0. The average Bonchev–Trinajstić information content (AvgIpc) is 2.36. The van der Waals surface area contributed by atoms with Crippen molar-refractivity contribution >= 4 is 41.5 Å². The minimum absolute atomic E-state index is 0. The van der Waals surface area contributed by atoms with Crippen LogP contribution in [0.2, 0.25) is 10.0 Å². The van der Waals surface area contributed by atoms with Gasteiger partial charge in [0.25, 0.3) is 0 Å². The molecule has 1 fully saturated rings. The van der Waals surface area contributed by atoms with Gasteiger partial charge in [-0.05, 0) is 43.4 Å². The van der Waals surface area contributed by atoms with Crippen LogP contribution in [0.4, 0.5) is 0 Å². The first kappa shape index (κ1) is 17.6. The highest BCUT2D eigenvalue weighted by Crippen LogP contribution is 2.22. The predicted octanol–water partition coefficient (Wildman–Crippen LogP) is 3.34. The third-order valence-electron chi connectivity index (χ3n) is 3.50. The van der Waals surface area contributed by atoms with Crippen LogP contribution in [-0.2, 0) is 11.2 Å². The molecule has 0 spiro atoms. The fraction of sp³-hybridized carbons (Fsp3) is 0.500. The molecule has 0 bridgehead atoms. The van der Waals surface area contributed by atoms with E-state index in [1.807, 2.05) is 0 Å². The largest absolute Gasteiger partial charge is 0.353 e. The van der Waals surface area contributed by atoms with Crippen molar-refractivity contribution in [3.63, 3.8) is 0 Å². The number of benzene rings is 1. The molecule has 2 rings (SSSR count). The van der Waals surface area contributed by atoms with Crippen LogP contribution in [0.3, 0.4) is 0 Å². The summed E-state index contributed by atoms with van der Waals surface area (Å²) in [6, 6.07) is 5.74. The van der Waals surface area contributed by atoms with Crippen LogP contribution < -0.4 is 11.1 Å². The van der Waals surface area contributed by atoms with Gasteiger partial charge in [0.15, 0.2) is 0 Å². The van der Waals surface area contributed by atoms with E-state index in [1.165, 1.54) is 0 Å². The quantitative estimate of drug-likeness (QED) is 0.888. The summed E-state index contributed by atoms with van der Waals surface area (Å²) in [6.07, 6.45) is 4.17. The fourth-order valence-corrected chi connectivity index (χ4v) is 2.86. The van der Waals surface area contributed by atoms with Gasteiger partial charge in [-0.1, -0.05) is 29.3 Å². The second kappa shape index (κ2) is 8.08. The molecule has 1 saturated carbocycles. The number of rotatable bonds is 3. The van der Waals surface area contributed by atoms with Crippen LogP contribution in [-0.4, -0.2) is 18.0 Å². The molecule has 0 radical (unpaired) electrons. The molecular weight excluding hydrogens is 319 g/mol. The SMILES string of the molecule is Cl.NC1CCC(NC(=O)Cc2ccc(Cl)cc2Cl)CC1. The van der Waals surface area contributed by atoms with E-state index in [9.17, 15) is 4.79 Å². The lowest BCUT2D eigenvalue weighted by atomic mass is 9.91. The highest BCUT2D eigenvalue weighted by molar-refractivity contribution is 6.35. The predicted molar refractivity (Wildman–Crippen MR) is 85.8 cm³/mol. The van der Waals surface area contributed by atoms with E-state index in [4.69, 9.17) is 28.9 Å². The normalized spacial score (nSPS) is 21.9. The Hall–Kier alpha value is -0.480. The summed E-state index contributed by atoms with van der Waals surface area (Å²) in [7, 11) is 0. The molecule has 0 saturated heterocycles. The van der Waals surface area contributed by atoms with Crippen molar-refractivity contribution in [3.05, 3.63) is 33.8 Å². The Kier molecular flexibility index (Phi) is 7.10. The second-order valence-electron chi connectivity index (χ2n) is 5.09. The Bertz CT molecular complexity index is 460. The van der Waals surface area contributed by atoms with Crippen LogP contribution >= 0.6 is 35.6 Å². The summed E-state index contributed by atoms with van der Waals surface area (Å²) in [4.78, 5) is 12.0. The molecule has 1 aliphatic rings. The first-order chi connectivity index (χ1) is 9.04. The van der Waals surface area contributed by atoms with Crippen molar-refractivity contribution in [3.8, 4) is 0 Å². The topological polar surface area (TPSA) is 55.1 Å². The molecule has 1 aromatic rings. The lowest BCUT2D eigenvalue weighted by Crippen LogP contribution is -2.41. The lowest BCUT2D eigenvalue weighted by Gasteiger charge is -2.26. The first-order valence-electron chi connectivity index (χ1n) is 6.53. The second-order valence-corrected chi connectivity index (χ2v) is 5.94. The van der Waals surface area contributed by atoms with E-state index in [1.54, 1.807) is 18.2 Å². The average molecular weight is 338 g/mol. The van der Waals surface area contributed by atoms with Gasteiger partial charge in [0.1, 0.15) is 0 Å². The minimum atomic E-state index is 0. The molecule has 0 atom stereocenters. The Morgan fingerprint density at radius 1 is 1.25 bits per heavy atom. The molecule has 3 N–H and O–H groups in total. The van der Waals surface area contributed by atoms with E-state index < -0.39 is 0 Å². The van der Waals surface area contributed by atoms with Gasteiger partial charge in [-0.3, -0.25) is 4.79 Å². The Balaban J connectivity index is 0.00000200. The number of hydrogen-bond acceptors (Lipinski definition) is 2. The molecule has 0 unspecified atom stereocenters. The molecule has 1 aromatic carbocycles. The van der Waals surface area contributed by atoms with E-state index in [2.05, 4.69) is 5.32 Å². The van der Waals surface area contributed by atoms with Crippen molar-refractivity contribution in [1.82, 2.24) is 5.32 Å². The highest BCUT2D eigenvalue weighted by Gasteiger charge is 2.20.